The maximum Gasteiger partial charge on any atom is 0.263 e. The Morgan fingerprint density at radius 3 is 2.37 bits per heavy atom. The molecule has 2 aliphatic heterocycles. The standard InChI is InChI=1S/C19H22N4O3S/c1-3-4-5-8-13(2)20-21-19-22(16(24)11-27-19)12-23-17(25)14-9-6-7-10-15(14)18(23)26/h6-7,9-10H,3-5,8,11-12H2,1-2H3/b20-13+,21-19-. The fraction of sp³-hybridized carbons (Fsp3) is 0.421. The number of amidine groups is 1. The van der Waals surface area contributed by atoms with Gasteiger partial charge in [-0.1, -0.05) is 43.7 Å². The van der Waals surface area contributed by atoms with Crippen molar-refractivity contribution in [1.82, 2.24) is 9.80 Å². The molecule has 1 aromatic carbocycles. The number of carbonyl (C=O) groups excluding carboxylic acids is 3. The van der Waals surface area contributed by atoms with Gasteiger partial charge in [0.25, 0.3) is 11.8 Å². The van der Waals surface area contributed by atoms with Crippen LogP contribution in [0.2, 0.25) is 0 Å². The van der Waals surface area contributed by atoms with Crippen LogP contribution in [-0.2, 0) is 4.79 Å². The van der Waals surface area contributed by atoms with Gasteiger partial charge in [0.15, 0.2) is 5.17 Å². The van der Waals surface area contributed by atoms with E-state index in [9.17, 15) is 14.4 Å². The molecule has 0 unspecified atom stereocenters. The summed E-state index contributed by atoms with van der Waals surface area (Å²) in [6.45, 7) is 3.92. The molecule has 3 rings (SSSR count). The smallest absolute Gasteiger partial charge is 0.263 e. The molecule has 0 aliphatic carbocycles. The molecule has 142 valence electrons. The first-order valence-electron chi connectivity index (χ1n) is 9.02. The van der Waals surface area contributed by atoms with Gasteiger partial charge in [0.1, 0.15) is 6.67 Å². The summed E-state index contributed by atoms with van der Waals surface area (Å²) in [7, 11) is 0. The van der Waals surface area contributed by atoms with Crippen LogP contribution in [0.3, 0.4) is 0 Å². The Labute approximate surface area is 162 Å². The third kappa shape index (κ3) is 4.10. The van der Waals surface area contributed by atoms with Crippen molar-refractivity contribution in [2.75, 3.05) is 12.4 Å². The summed E-state index contributed by atoms with van der Waals surface area (Å²) in [5.74, 6) is -0.737. The second-order valence-corrected chi connectivity index (χ2v) is 7.45. The SMILES string of the molecule is CCCCC/C(C)=N/N=C1\SCC(=O)N1CN1C(=O)c2ccccc2C1=O. The molecular weight excluding hydrogens is 364 g/mol. The zero-order valence-corrected chi connectivity index (χ0v) is 16.3. The first kappa shape index (κ1) is 19.3. The molecule has 3 amide bonds. The number of carbonyl (C=O) groups is 3. The minimum Gasteiger partial charge on any atom is -0.273 e. The maximum absolute atomic E-state index is 12.5. The lowest BCUT2D eigenvalue weighted by atomic mass is 10.1. The molecule has 0 saturated carbocycles. The molecular formula is C19H22N4O3S. The third-order valence-corrected chi connectivity index (χ3v) is 5.42. The second kappa shape index (κ2) is 8.47. The van der Waals surface area contributed by atoms with Crippen molar-refractivity contribution in [2.45, 2.75) is 39.5 Å². The number of imide groups is 1. The van der Waals surface area contributed by atoms with Gasteiger partial charge in [-0.2, -0.15) is 5.10 Å². The van der Waals surface area contributed by atoms with Crippen LogP contribution in [0.25, 0.3) is 0 Å². The molecule has 27 heavy (non-hydrogen) atoms. The highest BCUT2D eigenvalue weighted by Crippen LogP contribution is 2.26. The van der Waals surface area contributed by atoms with Crippen LogP contribution in [0.4, 0.5) is 0 Å². The molecule has 1 fully saturated rings. The summed E-state index contributed by atoms with van der Waals surface area (Å²) in [5.41, 5.74) is 1.63. The quantitative estimate of drug-likeness (QED) is 0.312. The second-order valence-electron chi connectivity index (χ2n) is 6.51. The molecule has 0 N–H and O–H groups in total. The van der Waals surface area contributed by atoms with Gasteiger partial charge < -0.3 is 0 Å². The molecule has 1 aromatic rings. The first-order valence-corrected chi connectivity index (χ1v) is 10.0. The maximum atomic E-state index is 12.5. The Morgan fingerprint density at radius 2 is 1.74 bits per heavy atom. The van der Waals surface area contributed by atoms with Gasteiger partial charge in [-0.3, -0.25) is 24.2 Å². The number of hydrogen-bond acceptors (Lipinski definition) is 6. The summed E-state index contributed by atoms with van der Waals surface area (Å²) in [6, 6.07) is 6.67. The molecule has 0 aromatic heterocycles. The van der Waals surface area contributed by atoms with Gasteiger partial charge in [0.2, 0.25) is 5.91 Å². The molecule has 0 bridgehead atoms. The van der Waals surface area contributed by atoms with Crippen LogP contribution in [0, 0.1) is 0 Å². The molecule has 7 nitrogen and oxygen atoms in total. The summed E-state index contributed by atoms with van der Waals surface area (Å²) in [5, 5.41) is 8.84. The minimum absolute atomic E-state index is 0.137. The summed E-state index contributed by atoms with van der Waals surface area (Å²) in [6.07, 6.45) is 4.20. The van der Waals surface area contributed by atoms with Gasteiger partial charge in [0, 0.05) is 5.71 Å². The topological polar surface area (TPSA) is 82.4 Å². The van der Waals surface area contributed by atoms with Crippen LogP contribution in [0.1, 0.15) is 60.2 Å². The molecule has 0 spiro atoms. The zero-order valence-electron chi connectivity index (χ0n) is 15.5. The Bertz CT molecular complexity index is 799. The minimum atomic E-state index is -0.390. The molecule has 2 aliphatic rings. The lowest BCUT2D eigenvalue weighted by Crippen LogP contribution is -2.43. The number of thioether (sulfide) groups is 1. The van der Waals surface area contributed by atoms with Crippen molar-refractivity contribution in [3.05, 3.63) is 35.4 Å². The average Bonchev–Trinajstić information content (AvgIpc) is 3.14. The molecule has 0 radical (unpaired) electrons. The Kier molecular flexibility index (Phi) is 6.05. The van der Waals surface area contributed by atoms with E-state index in [1.807, 2.05) is 6.92 Å². The van der Waals surface area contributed by atoms with E-state index in [1.165, 1.54) is 16.7 Å². The van der Waals surface area contributed by atoms with Crippen molar-refractivity contribution in [3.8, 4) is 0 Å². The Morgan fingerprint density at radius 1 is 1.07 bits per heavy atom. The van der Waals surface area contributed by atoms with E-state index in [1.54, 1.807) is 24.3 Å². The average molecular weight is 386 g/mol. The van der Waals surface area contributed by atoms with Crippen LogP contribution < -0.4 is 0 Å². The number of fused-ring (bicyclic) bond motifs is 1. The van der Waals surface area contributed by atoms with Gasteiger partial charge >= 0.3 is 0 Å². The van der Waals surface area contributed by atoms with Crippen molar-refractivity contribution < 1.29 is 14.4 Å². The van der Waals surface area contributed by atoms with Crippen LogP contribution in [0.15, 0.2) is 34.5 Å². The monoisotopic (exact) mass is 386 g/mol. The van der Waals surface area contributed by atoms with E-state index in [2.05, 4.69) is 17.1 Å². The summed E-state index contributed by atoms with van der Waals surface area (Å²) >= 11 is 1.27. The van der Waals surface area contributed by atoms with E-state index in [-0.39, 0.29) is 30.1 Å². The normalized spacial score (nSPS) is 18.8. The van der Waals surface area contributed by atoms with Crippen LogP contribution in [0.5, 0.6) is 0 Å². The van der Waals surface area contributed by atoms with Gasteiger partial charge in [-0.05, 0) is 31.9 Å². The van der Waals surface area contributed by atoms with Crippen molar-refractivity contribution >= 4 is 40.4 Å². The van der Waals surface area contributed by atoms with E-state index >= 15 is 0 Å². The number of amides is 3. The Balaban J connectivity index is 1.72. The van der Waals surface area contributed by atoms with Crippen LogP contribution >= 0.6 is 11.8 Å². The first-order chi connectivity index (χ1) is 13.0. The Hall–Kier alpha value is -2.48. The lowest BCUT2D eigenvalue weighted by Gasteiger charge is -2.21. The largest absolute Gasteiger partial charge is 0.273 e. The predicted molar refractivity (Wildman–Crippen MR) is 106 cm³/mol. The number of unbranched alkanes of at least 4 members (excludes halogenated alkanes) is 2. The van der Waals surface area contributed by atoms with E-state index < -0.39 is 0 Å². The van der Waals surface area contributed by atoms with Crippen molar-refractivity contribution in [2.24, 2.45) is 10.2 Å². The highest BCUT2D eigenvalue weighted by molar-refractivity contribution is 8.15. The van der Waals surface area contributed by atoms with Crippen molar-refractivity contribution in [3.63, 3.8) is 0 Å². The van der Waals surface area contributed by atoms with E-state index in [4.69, 9.17) is 0 Å². The molecule has 0 atom stereocenters. The number of rotatable bonds is 7. The molecule has 2 heterocycles. The summed E-state index contributed by atoms with van der Waals surface area (Å²) in [4.78, 5) is 39.7. The van der Waals surface area contributed by atoms with Crippen molar-refractivity contribution in [1.29, 1.82) is 0 Å². The zero-order chi connectivity index (χ0) is 19.4. The number of nitrogens with zero attached hydrogens (tertiary/aromatic N) is 4. The van der Waals surface area contributed by atoms with Gasteiger partial charge in [-0.25, -0.2) is 0 Å². The molecule has 1 saturated heterocycles. The molecule has 8 heteroatoms. The lowest BCUT2D eigenvalue weighted by molar-refractivity contribution is -0.124. The van der Waals surface area contributed by atoms with E-state index in [0.717, 1.165) is 36.3 Å². The predicted octanol–water partition coefficient (Wildman–Crippen LogP) is 3.13. The van der Waals surface area contributed by atoms with Crippen LogP contribution in [-0.4, -0.2) is 50.8 Å². The van der Waals surface area contributed by atoms with Gasteiger partial charge in [0.05, 0.1) is 16.9 Å². The van der Waals surface area contributed by atoms with E-state index in [0.29, 0.717) is 16.3 Å². The number of hydrogen-bond donors (Lipinski definition) is 0. The highest BCUT2D eigenvalue weighted by atomic mass is 32.2. The van der Waals surface area contributed by atoms with Gasteiger partial charge in [-0.15, -0.1) is 5.10 Å². The fourth-order valence-electron chi connectivity index (χ4n) is 2.93. The fourth-order valence-corrected chi connectivity index (χ4v) is 3.75. The number of benzene rings is 1. The third-order valence-electron chi connectivity index (χ3n) is 4.47. The summed E-state index contributed by atoms with van der Waals surface area (Å²) < 4.78 is 0. The highest BCUT2D eigenvalue weighted by Gasteiger charge is 2.39.